The molecule has 0 aromatic heterocycles. The van der Waals surface area contributed by atoms with Crippen molar-refractivity contribution in [3.63, 3.8) is 0 Å². The molecule has 1 atom stereocenters. The maximum Gasteiger partial charge on any atom is 0.245 e. The number of nitrogens with one attached hydrogen (secondary N) is 1. The minimum Gasteiger partial charge on any atom is -0.493 e. The molecule has 0 unspecified atom stereocenters. The lowest BCUT2D eigenvalue weighted by Crippen LogP contribution is -2.54. The topological polar surface area (TPSA) is 67.9 Å². The Balaban J connectivity index is 1.62. The highest BCUT2D eigenvalue weighted by Gasteiger charge is 2.46. The average Bonchev–Trinajstić information content (AvgIpc) is 3.04. The molecule has 6 heteroatoms. The van der Waals surface area contributed by atoms with Crippen LogP contribution in [0.3, 0.4) is 0 Å². The Labute approximate surface area is 171 Å². The maximum atomic E-state index is 13.0. The summed E-state index contributed by atoms with van der Waals surface area (Å²) in [4.78, 5) is 27.1. The van der Waals surface area contributed by atoms with E-state index in [0.29, 0.717) is 43.9 Å². The number of carbonyl (C=O) groups is 2. The van der Waals surface area contributed by atoms with Crippen molar-refractivity contribution in [2.75, 3.05) is 20.8 Å². The molecule has 1 aliphatic rings. The van der Waals surface area contributed by atoms with Crippen LogP contribution in [0.25, 0.3) is 0 Å². The standard InChI is InChI=1S/C23H28N2O4/c1-23(13-11-21(26)25(23)16-18-7-5-4-6-8-18)22(27)24-14-12-17-9-10-19(28-2)20(15-17)29-3/h4-10,15H,11-14,16H2,1-3H3,(H,24,27)/t23-/m0/s1. The lowest BCUT2D eigenvalue weighted by molar-refractivity contribution is -0.141. The minimum absolute atomic E-state index is 0.0198. The van der Waals surface area contributed by atoms with Crippen molar-refractivity contribution in [3.05, 3.63) is 59.7 Å². The molecule has 2 amide bonds. The Morgan fingerprint density at radius 3 is 2.48 bits per heavy atom. The van der Waals surface area contributed by atoms with E-state index >= 15 is 0 Å². The average molecular weight is 396 g/mol. The van der Waals surface area contributed by atoms with Gasteiger partial charge in [0, 0.05) is 19.5 Å². The van der Waals surface area contributed by atoms with Crippen molar-refractivity contribution in [2.45, 2.75) is 38.3 Å². The quantitative estimate of drug-likeness (QED) is 0.745. The smallest absolute Gasteiger partial charge is 0.245 e. The van der Waals surface area contributed by atoms with Gasteiger partial charge in [-0.05, 0) is 43.0 Å². The second-order valence-electron chi connectivity index (χ2n) is 7.43. The van der Waals surface area contributed by atoms with Gasteiger partial charge in [-0.1, -0.05) is 36.4 Å². The SMILES string of the molecule is COc1ccc(CCNC(=O)[C@]2(C)CCC(=O)N2Cc2ccccc2)cc1OC. The molecule has 0 saturated carbocycles. The molecule has 0 spiro atoms. The fourth-order valence-electron chi connectivity index (χ4n) is 3.71. The number of methoxy groups -OCH3 is 2. The van der Waals surface area contributed by atoms with Gasteiger partial charge in [0.05, 0.1) is 14.2 Å². The van der Waals surface area contributed by atoms with Gasteiger partial charge in [-0.2, -0.15) is 0 Å². The van der Waals surface area contributed by atoms with Gasteiger partial charge in [-0.15, -0.1) is 0 Å². The van der Waals surface area contributed by atoms with E-state index in [0.717, 1.165) is 11.1 Å². The lowest BCUT2D eigenvalue weighted by atomic mass is 9.97. The fourth-order valence-corrected chi connectivity index (χ4v) is 3.71. The van der Waals surface area contributed by atoms with Gasteiger partial charge >= 0.3 is 0 Å². The number of carbonyl (C=O) groups excluding carboxylic acids is 2. The molecule has 2 aromatic carbocycles. The molecule has 1 fully saturated rings. The van der Waals surface area contributed by atoms with Crippen molar-refractivity contribution < 1.29 is 19.1 Å². The summed E-state index contributed by atoms with van der Waals surface area (Å²) in [6, 6.07) is 15.5. The summed E-state index contributed by atoms with van der Waals surface area (Å²) < 4.78 is 10.6. The third-order valence-electron chi connectivity index (χ3n) is 5.54. The summed E-state index contributed by atoms with van der Waals surface area (Å²) >= 11 is 0. The molecule has 3 rings (SSSR count). The van der Waals surface area contributed by atoms with E-state index in [2.05, 4.69) is 5.32 Å². The van der Waals surface area contributed by atoms with Gasteiger partial charge < -0.3 is 19.7 Å². The summed E-state index contributed by atoms with van der Waals surface area (Å²) in [6.07, 6.45) is 1.59. The van der Waals surface area contributed by atoms with Gasteiger partial charge in [0.15, 0.2) is 11.5 Å². The normalized spacial score (nSPS) is 18.6. The Morgan fingerprint density at radius 2 is 1.79 bits per heavy atom. The largest absolute Gasteiger partial charge is 0.493 e. The first-order valence-electron chi connectivity index (χ1n) is 9.81. The van der Waals surface area contributed by atoms with E-state index in [1.54, 1.807) is 19.1 Å². The molecule has 1 saturated heterocycles. The summed E-state index contributed by atoms with van der Waals surface area (Å²) in [5, 5.41) is 3.01. The number of benzene rings is 2. The molecule has 6 nitrogen and oxygen atoms in total. The predicted molar refractivity (Wildman–Crippen MR) is 111 cm³/mol. The number of amides is 2. The van der Waals surface area contributed by atoms with Crippen LogP contribution in [0.2, 0.25) is 0 Å². The summed E-state index contributed by atoms with van der Waals surface area (Å²) in [5.74, 6) is 1.25. The van der Waals surface area contributed by atoms with Crippen molar-refractivity contribution in [1.29, 1.82) is 0 Å². The zero-order valence-corrected chi connectivity index (χ0v) is 17.2. The molecule has 1 heterocycles. The Hall–Kier alpha value is -3.02. The van der Waals surface area contributed by atoms with Crippen molar-refractivity contribution in [2.24, 2.45) is 0 Å². The molecular weight excluding hydrogens is 368 g/mol. The summed E-state index contributed by atoms with van der Waals surface area (Å²) in [5.41, 5.74) is 1.23. The minimum atomic E-state index is -0.829. The second kappa shape index (κ2) is 8.99. The molecule has 1 aliphatic heterocycles. The lowest BCUT2D eigenvalue weighted by Gasteiger charge is -2.34. The van der Waals surface area contributed by atoms with E-state index in [1.165, 1.54) is 0 Å². The van der Waals surface area contributed by atoms with Gasteiger partial charge in [0.2, 0.25) is 11.8 Å². The molecular formula is C23H28N2O4. The van der Waals surface area contributed by atoms with Crippen LogP contribution in [-0.2, 0) is 22.6 Å². The molecule has 154 valence electrons. The maximum absolute atomic E-state index is 13.0. The Morgan fingerprint density at radius 1 is 1.07 bits per heavy atom. The number of ether oxygens (including phenoxy) is 2. The number of hydrogen-bond acceptors (Lipinski definition) is 4. The first kappa shape index (κ1) is 20.7. The van der Waals surface area contributed by atoms with Crippen LogP contribution < -0.4 is 14.8 Å². The summed E-state index contributed by atoms with van der Waals surface area (Å²) in [6.45, 7) is 2.78. The van der Waals surface area contributed by atoms with E-state index < -0.39 is 5.54 Å². The van der Waals surface area contributed by atoms with E-state index in [4.69, 9.17) is 9.47 Å². The Bertz CT molecular complexity index is 868. The Kier molecular flexibility index (Phi) is 6.42. The van der Waals surface area contributed by atoms with Crippen molar-refractivity contribution >= 4 is 11.8 Å². The van der Waals surface area contributed by atoms with Gasteiger partial charge in [-0.3, -0.25) is 9.59 Å². The predicted octanol–water partition coefficient (Wildman–Crippen LogP) is 2.94. The highest BCUT2D eigenvalue weighted by molar-refractivity contribution is 5.94. The third kappa shape index (κ3) is 4.53. The van der Waals surface area contributed by atoms with Gasteiger partial charge in [0.1, 0.15) is 5.54 Å². The second-order valence-corrected chi connectivity index (χ2v) is 7.43. The van der Waals surface area contributed by atoms with E-state index in [-0.39, 0.29) is 11.8 Å². The molecule has 1 N–H and O–H groups in total. The van der Waals surface area contributed by atoms with Crippen molar-refractivity contribution in [1.82, 2.24) is 10.2 Å². The number of rotatable bonds is 8. The van der Waals surface area contributed by atoms with E-state index in [1.807, 2.05) is 55.5 Å². The highest BCUT2D eigenvalue weighted by Crippen LogP contribution is 2.32. The fraction of sp³-hybridized carbons (Fsp3) is 0.391. The van der Waals surface area contributed by atoms with Gasteiger partial charge in [0.25, 0.3) is 0 Å². The molecule has 0 aliphatic carbocycles. The zero-order chi connectivity index (χ0) is 20.9. The monoisotopic (exact) mass is 396 g/mol. The first-order valence-corrected chi connectivity index (χ1v) is 9.81. The van der Waals surface area contributed by atoms with Crippen LogP contribution in [0, 0.1) is 0 Å². The molecule has 29 heavy (non-hydrogen) atoms. The van der Waals surface area contributed by atoms with Crippen LogP contribution in [0.4, 0.5) is 0 Å². The van der Waals surface area contributed by atoms with Crippen LogP contribution in [0.1, 0.15) is 30.9 Å². The number of likely N-dealkylation sites (tertiary alicyclic amines) is 1. The van der Waals surface area contributed by atoms with Crippen LogP contribution in [0.5, 0.6) is 11.5 Å². The van der Waals surface area contributed by atoms with Gasteiger partial charge in [-0.25, -0.2) is 0 Å². The van der Waals surface area contributed by atoms with Crippen LogP contribution >= 0.6 is 0 Å². The first-order chi connectivity index (χ1) is 14.0. The number of hydrogen-bond donors (Lipinski definition) is 1. The third-order valence-corrected chi connectivity index (χ3v) is 5.54. The highest BCUT2D eigenvalue weighted by atomic mass is 16.5. The summed E-state index contributed by atoms with van der Waals surface area (Å²) in [7, 11) is 3.20. The molecule has 2 aromatic rings. The van der Waals surface area contributed by atoms with Crippen LogP contribution in [-0.4, -0.2) is 43.0 Å². The van der Waals surface area contributed by atoms with Crippen molar-refractivity contribution in [3.8, 4) is 11.5 Å². The number of nitrogens with zero attached hydrogens (tertiary/aromatic N) is 1. The molecule has 0 radical (unpaired) electrons. The van der Waals surface area contributed by atoms with E-state index in [9.17, 15) is 9.59 Å². The zero-order valence-electron chi connectivity index (χ0n) is 17.2. The van der Waals surface area contributed by atoms with Crippen LogP contribution in [0.15, 0.2) is 48.5 Å². The molecule has 0 bridgehead atoms.